The molecule has 8 rings (SSSR count). The Kier molecular flexibility index (Phi) is 4.40. The van der Waals surface area contributed by atoms with Crippen molar-refractivity contribution in [3.8, 4) is 20.9 Å². The lowest BCUT2D eigenvalue weighted by Gasteiger charge is -1.96. The fraction of sp³-hybridized carbons (Fsp3) is 0. The van der Waals surface area contributed by atoms with E-state index in [-0.39, 0.29) is 11.6 Å². The first-order valence-electron chi connectivity index (χ1n) is 11.1. The van der Waals surface area contributed by atoms with Crippen LogP contribution in [0.5, 0.6) is 0 Å². The monoisotopic (exact) mass is 542 g/mol. The summed E-state index contributed by atoms with van der Waals surface area (Å²) in [5.41, 5.74) is 1.08. The summed E-state index contributed by atoms with van der Waals surface area (Å²) in [6.07, 6.45) is 6.13. The minimum atomic E-state index is -0.250. The average Bonchev–Trinajstić information content (AvgIpc) is 3.63. The third-order valence-corrected chi connectivity index (χ3v) is 11.2. The van der Waals surface area contributed by atoms with E-state index in [0.29, 0.717) is 11.1 Å². The van der Waals surface area contributed by atoms with E-state index in [9.17, 15) is 8.78 Å². The molecule has 0 N–H and O–H groups in total. The van der Waals surface area contributed by atoms with Gasteiger partial charge in [-0.1, -0.05) is 0 Å². The minimum Gasteiger partial charge on any atom is -0.264 e. The molecule has 0 bridgehead atoms. The molecule has 8 heteroatoms. The van der Waals surface area contributed by atoms with Crippen LogP contribution in [0.15, 0.2) is 73.3 Å². The summed E-state index contributed by atoms with van der Waals surface area (Å²) in [7, 11) is 0. The molecule has 36 heavy (non-hydrogen) atoms. The Balaban J connectivity index is 1.31. The first-order valence-corrected chi connectivity index (χ1v) is 14.3. The van der Waals surface area contributed by atoms with Crippen LogP contribution >= 0.6 is 45.3 Å². The van der Waals surface area contributed by atoms with Crippen molar-refractivity contribution in [1.29, 1.82) is 0 Å². The van der Waals surface area contributed by atoms with Gasteiger partial charge in [0.1, 0.15) is 11.6 Å². The molecular weight excluding hydrogens is 531 g/mol. The van der Waals surface area contributed by atoms with E-state index in [0.717, 1.165) is 29.9 Å². The van der Waals surface area contributed by atoms with Gasteiger partial charge in [-0.25, -0.2) is 8.78 Å². The van der Waals surface area contributed by atoms with Crippen molar-refractivity contribution < 1.29 is 8.78 Å². The van der Waals surface area contributed by atoms with E-state index in [1.807, 2.05) is 0 Å². The molecule has 0 spiro atoms. The molecule has 0 aliphatic carbocycles. The Hall–Kier alpha value is -3.30. The predicted molar refractivity (Wildman–Crippen MR) is 152 cm³/mol. The van der Waals surface area contributed by atoms with Gasteiger partial charge in [-0.05, 0) is 59.3 Å². The number of fused-ring (bicyclic) bond motifs is 7. The molecule has 8 aromatic rings. The van der Waals surface area contributed by atoms with Gasteiger partial charge in [0.2, 0.25) is 0 Å². The van der Waals surface area contributed by atoms with Crippen molar-refractivity contribution in [2.45, 2.75) is 0 Å². The summed E-state index contributed by atoms with van der Waals surface area (Å²) in [5.74, 6) is -0.501. The Morgan fingerprint density at radius 2 is 1.00 bits per heavy atom. The zero-order valence-corrected chi connectivity index (χ0v) is 21.5. The van der Waals surface area contributed by atoms with Gasteiger partial charge in [-0.15, -0.1) is 45.3 Å². The Bertz CT molecular complexity index is 1990. The maximum Gasteiger partial charge on any atom is 0.134 e. The standard InChI is InChI=1S/C28H12F2N2S4/c29-19-1-3-31-11-17(19)23-7-13-5-15-25(9-21(13)33-23)35-28-16-6-14-8-24(18-12-32-4-2-20(18)30)34-22(14)10-26(16)36-27(15)28/h1-12H. The molecule has 0 radical (unpaired) electrons. The van der Waals surface area contributed by atoms with Crippen LogP contribution in [0.25, 0.3) is 70.6 Å². The molecule has 6 heterocycles. The van der Waals surface area contributed by atoms with E-state index in [1.54, 1.807) is 57.7 Å². The van der Waals surface area contributed by atoms with Crippen LogP contribution in [0.1, 0.15) is 0 Å². The number of thiophene rings is 4. The molecule has 0 saturated carbocycles. The summed E-state index contributed by atoms with van der Waals surface area (Å²) in [4.78, 5) is 9.98. The van der Waals surface area contributed by atoms with Crippen molar-refractivity contribution in [2.24, 2.45) is 0 Å². The van der Waals surface area contributed by atoms with Gasteiger partial charge in [0.25, 0.3) is 0 Å². The van der Waals surface area contributed by atoms with Crippen LogP contribution in [0.2, 0.25) is 0 Å². The maximum atomic E-state index is 14.3. The van der Waals surface area contributed by atoms with E-state index in [4.69, 9.17) is 0 Å². The van der Waals surface area contributed by atoms with Gasteiger partial charge < -0.3 is 0 Å². The van der Waals surface area contributed by atoms with Crippen LogP contribution in [0.3, 0.4) is 0 Å². The molecule has 6 aromatic heterocycles. The smallest absolute Gasteiger partial charge is 0.134 e. The lowest BCUT2D eigenvalue weighted by Crippen LogP contribution is -1.81. The van der Waals surface area contributed by atoms with E-state index >= 15 is 0 Å². The van der Waals surface area contributed by atoms with E-state index in [1.165, 1.54) is 54.1 Å². The second-order valence-corrected chi connectivity index (χ2v) is 12.8. The van der Waals surface area contributed by atoms with Crippen molar-refractivity contribution in [3.63, 3.8) is 0 Å². The minimum absolute atomic E-state index is 0.250. The Morgan fingerprint density at radius 1 is 0.528 bits per heavy atom. The lowest BCUT2D eigenvalue weighted by molar-refractivity contribution is 0.629. The quantitative estimate of drug-likeness (QED) is 0.217. The highest BCUT2D eigenvalue weighted by atomic mass is 32.1. The maximum absolute atomic E-state index is 14.3. The van der Waals surface area contributed by atoms with Gasteiger partial charge in [0, 0.05) is 75.2 Å². The fourth-order valence-electron chi connectivity index (χ4n) is 4.71. The zero-order chi connectivity index (χ0) is 24.0. The molecule has 0 aliphatic rings. The summed E-state index contributed by atoms with van der Waals surface area (Å²) in [6, 6.07) is 15.8. The second-order valence-electron chi connectivity index (χ2n) is 8.57. The third-order valence-electron chi connectivity index (χ3n) is 6.42. The SMILES string of the molecule is Fc1ccncc1-c1cc2cc3c(cc2s1)sc1c2cc4cc(-c5cnccc5F)sc4cc2sc31. The van der Waals surface area contributed by atoms with E-state index < -0.39 is 0 Å². The number of rotatable bonds is 2. The first-order chi connectivity index (χ1) is 17.6. The predicted octanol–water partition coefficient (Wildman–Crippen LogP) is 10.1. The largest absolute Gasteiger partial charge is 0.264 e. The molecule has 2 aromatic carbocycles. The molecular formula is C28H12F2N2S4. The summed E-state index contributed by atoms with van der Waals surface area (Å²) in [5, 5.41) is 4.71. The van der Waals surface area contributed by atoms with Crippen LogP contribution in [-0.2, 0) is 0 Å². The van der Waals surface area contributed by atoms with Gasteiger partial charge in [-0.3, -0.25) is 9.97 Å². The topological polar surface area (TPSA) is 25.8 Å². The highest BCUT2D eigenvalue weighted by Crippen LogP contribution is 2.48. The number of hydrogen-bond donors (Lipinski definition) is 0. The molecule has 0 aliphatic heterocycles. The number of pyridine rings is 2. The summed E-state index contributed by atoms with van der Waals surface area (Å²) >= 11 is 6.79. The van der Waals surface area contributed by atoms with Crippen molar-refractivity contribution in [2.75, 3.05) is 0 Å². The number of halogens is 2. The summed E-state index contributed by atoms with van der Waals surface area (Å²) < 4.78 is 36.0. The third kappa shape index (κ3) is 3.02. The van der Waals surface area contributed by atoms with Crippen LogP contribution in [-0.4, -0.2) is 9.97 Å². The average molecular weight is 543 g/mol. The van der Waals surface area contributed by atoms with Gasteiger partial charge >= 0.3 is 0 Å². The molecule has 0 saturated heterocycles. The van der Waals surface area contributed by atoms with Crippen molar-refractivity contribution in [1.82, 2.24) is 9.97 Å². The Morgan fingerprint density at radius 3 is 1.44 bits per heavy atom. The molecule has 0 unspecified atom stereocenters. The number of hydrogen-bond acceptors (Lipinski definition) is 6. The van der Waals surface area contributed by atoms with Crippen LogP contribution in [0, 0.1) is 11.6 Å². The Labute approximate surface area is 218 Å². The normalized spacial score (nSPS) is 12.2. The van der Waals surface area contributed by atoms with Crippen molar-refractivity contribution >= 4 is 95.1 Å². The number of benzene rings is 2. The van der Waals surface area contributed by atoms with Gasteiger partial charge in [0.15, 0.2) is 0 Å². The van der Waals surface area contributed by atoms with Crippen LogP contribution < -0.4 is 0 Å². The summed E-state index contributed by atoms with van der Waals surface area (Å²) in [6.45, 7) is 0. The number of aromatic nitrogens is 2. The first kappa shape index (κ1) is 20.8. The lowest BCUT2D eigenvalue weighted by atomic mass is 10.1. The van der Waals surface area contributed by atoms with Crippen LogP contribution in [0.4, 0.5) is 8.78 Å². The second kappa shape index (κ2) is 7.60. The molecule has 172 valence electrons. The highest BCUT2D eigenvalue weighted by molar-refractivity contribution is 7.37. The van der Waals surface area contributed by atoms with Gasteiger partial charge in [0.05, 0.1) is 9.40 Å². The molecule has 0 amide bonds. The molecule has 2 nitrogen and oxygen atoms in total. The molecule has 0 atom stereocenters. The van der Waals surface area contributed by atoms with E-state index in [2.05, 4.69) is 46.4 Å². The van der Waals surface area contributed by atoms with Crippen molar-refractivity contribution in [3.05, 3.63) is 85.0 Å². The molecule has 0 fully saturated rings. The number of nitrogens with zero attached hydrogens (tertiary/aromatic N) is 2. The zero-order valence-electron chi connectivity index (χ0n) is 18.2. The van der Waals surface area contributed by atoms with Gasteiger partial charge in [-0.2, -0.15) is 0 Å². The fourth-order valence-corrected chi connectivity index (χ4v) is 9.73. The highest BCUT2D eigenvalue weighted by Gasteiger charge is 2.17.